The molecule has 2 aromatic carbocycles. The topological polar surface area (TPSA) is 45.3 Å². The van der Waals surface area contributed by atoms with Crippen molar-refractivity contribution < 1.29 is 13.9 Å². The summed E-state index contributed by atoms with van der Waals surface area (Å²) in [6, 6.07) is 12.6. The molecule has 1 unspecified atom stereocenters. The number of benzene rings is 2. The fourth-order valence-corrected chi connectivity index (χ4v) is 5.05. The number of aromatic nitrogens is 1. The predicted molar refractivity (Wildman–Crippen MR) is 120 cm³/mol. The average Bonchev–Trinajstić information content (AvgIpc) is 3.18. The summed E-state index contributed by atoms with van der Waals surface area (Å²) in [5, 5.41) is 1.15. The van der Waals surface area contributed by atoms with Crippen molar-refractivity contribution in [1.82, 2.24) is 9.88 Å². The molecule has 4 nitrogen and oxygen atoms in total. The Kier molecular flexibility index (Phi) is 5.26. The van der Waals surface area contributed by atoms with Gasteiger partial charge >= 0.3 is 0 Å². The number of ether oxygens (including phenoxy) is 1. The number of H-pyrrole nitrogens is 1. The van der Waals surface area contributed by atoms with Crippen LogP contribution in [0.1, 0.15) is 55.0 Å². The summed E-state index contributed by atoms with van der Waals surface area (Å²) in [6.07, 6.45) is 7.76. The monoisotopic (exact) mass is 418 g/mol. The highest BCUT2D eigenvalue weighted by molar-refractivity contribution is 5.87. The van der Waals surface area contributed by atoms with E-state index in [0.717, 1.165) is 42.3 Å². The van der Waals surface area contributed by atoms with Crippen LogP contribution >= 0.6 is 0 Å². The molecular weight excluding hydrogens is 391 g/mol. The van der Waals surface area contributed by atoms with E-state index >= 15 is 4.39 Å². The first-order valence-electron chi connectivity index (χ1n) is 11.1. The lowest BCUT2D eigenvalue weighted by Crippen LogP contribution is -2.41. The third kappa shape index (κ3) is 3.62. The number of hydrogen-bond acceptors (Lipinski definition) is 2. The second-order valence-electron chi connectivity index (χ2n) is 8.47. The SMILES string of the molecule is COc1ccc(C2c3[nH]c4ccccc4c3CCN2C(=O)CC2=CCCCC2)c(F)c1. The fraction of sp³-hybridized carbons (Fsp3) is 0.346. The van der Waals surface area contributed by atoms with Gasteiger partial charge in [0.25, 0.3) is 0 Å². The van der Waals surface area contributed by atoms with E-state index in [1.807, 2.05) is 23.1 Å². The maximum atomic E-state index is 15.2. The minimum Gasteiger partial charge on any atom is -0.497 e. The molecule has 1 aliphatic carbocycles. The van der Waals surface area contributed by atoms with Crippen molar-refractivity contribution in [2.24, 2.45) is 0 Å². The molecule has 1 atom stereocenters. The smallest absolute Gasteiger partial charge is 0.227 e. The van der Waals surface area contributed by atoms with E-state index in [0.29, 0.717) is 24.3 Å². The van der Waals surface area contributed by atoms with Gasteiger partial charge in [0.2, 0.25) is 5.91 Å². The summed E-state index contributed by atoms with van der Waals surface area (Å²) in [5.74, 6) is 0.183. The Bertz CT molecular complexity index is 1160. The van der Waals surface area contributed by atoms with Gasteiger partial charge in [-0.2, -0.15) is 0 Å². The Morgan fingerprint density at radius 2 is 2.06 bits per heavy atom. The van der Waals surface area contributed by atoms with Crippen LogP contribution in [0.5, 0.6) is 5.75 Å². The Balaban J connectivity index is 1.59. The second-order valence-corrected chi connectivity index (χ2v) is 8.47. The van der Waals surface area contributed by atoms with Gasteiger partial charge in [-0.1, -0.05) is 29.8 Å². The van der Waals surface area contributed by atoms with Crippen molar-refractivity contribution in [3.05, 3.63) is 76.8 Å². The van der Waals surface area contributed by atoms with Crippen LogP contribution in [0.3, 0.4) is 0 Å². The summed E-state index contributed by atoms with van der Waals surface area (Å²) in [7, 11) is 1.53. The molecule has 31 heavy (non-hydrogen) atoms. The highest BCUT2D eigenvalue weighted by Gasteiger charge is 2.36. The van der Waals surface area contributed by atoms with Crippen LogP contribution in [-0.2, 0) is 11.2 Å². The second kappa shape index (κ2) is 8.22. The molecule has 1 N–H and O–H groups in total. The number of aromatic amines is 1. The molecule has 0 spiro atoms. The fourth-order valence-electron chi connectivity index (χ4n) is 5.05. The number of para-hydroxylation sites is 1. The van der Waals surface area contributed by atoms with Crippen LogP contribution in [-0.4, -0.2) is 29.4 Å². The maximum absolute atomic E-state index is 15.2. The molecule has 5 rings (SSSR count). The normalized spacial score (nSPS) is 18.6. The van der Waals surface area contributed by atoms with Gasteiger partial charge in [-0.25, -0.2) is 4.39 Å². The third-order valence-corrected chi connectivity index (χ3v) is 6.62. The number of carbonyl (C=O) groups excluding carboxylic acids is 1. The molecule has 0 bridgehead atoms. The Hall–Kier alpha value is -3.08. The Morgan fingerprint density at radius 1 is 1.19 bits per heavy atom. The molecule has 5 heteroatoms. The van der Waals surface area contributed by atoms with E-state index < -0.39 is 6.04 Å². The van der Waals surface area contributed by atoms with E-state index in [4.69, 9.17) is 4.74 Å². The van der Waals surface area contributed by atoms with Crippen LogP contribution in [0.15, 0.2) is 54.1 Å². The minimum atomic E-state index is -0.473. The summed E-state index contributed by atoms with van der Waals surface area (Å²) in [4.78, 5) is 18.8. The van der Waals surface area contributed by atoms with Gasteiger partial charge < -0.3 is 14.6 Å². The molecule has 1 aromatic heterocycles. The first kappa shape index (κ1) is 19.9. The number of nitrogens with one attached hydrogen (secondary N) is 1. The van der Waals surface area contributed by atoms with Crippen LogP contribution in [0, 0.1) is 5.82 Å². The molecule has 1 aliphatic heterocycles. The zero-order chi connectivity index (χ0) is 21.4. The van der Waals surface area contributed by atoms with Crippen molar-refractivity contribution in [3.63, 3.8) is 0 Å². The predicted octanol–water partition coefficient (Wildman–Crippen LogP) is 5.68. The molecule has 1 amide bonds. The molecule has 0 saturated heterocycles. The molecule has 0 saturated carbocycles. The molecule has 2 aliphatic rings. The van der Waals surface area contributed by atoms with Gasteiger partial charge in [-0.15, -0.1) is 0 Å². The van der Waals surface area contributed by atoms with Crippen molar-refractivity contribution in [3.8, 4) is 5.75 Å². The molecule has 160 valence electrons. The van der Waals surface area contributed by atoms with E-state index in [1.54, 1.807) is 12.1 Å². The van der Waals surface area contributed by atoms with Gasteiger partial charge in [0.1, 0.15) is 17.6 Å². The zero-order valence-electron chi connectivity index (χ0n) is 17.8. The highest BCUT2D eigenvalue weighted by atomic mass is 19.1. The lowest BCUT2D eigenvalue weighted by atomic mass is 9.90. The minimum absolute atomic E-state index is 0.0673. The summed E-state index contributed by atoms with van der Waals surface area (Å²) in [6.45, 7) is 0.580. The molecule has 3 aromatic rings. The number of fused-ring (bicyclic) bond motifs is 3. The van der Waals surface area contributed by atoms with Crippen LogP contribution in [0.25, 0.3) is 10.9 Å². The van der Waals surface area contributed by atoms with E-state index in [2.05, 4.69) is 17.1 Å². The van der Waals surface area contributed by atoms with E-state index in [1.165, 1.54) is 30.7 Å². The third-order valence-electron chi connectivity index (χ3n) is 6.62. The number of allylic oxidation sites excluding steroid dienone is 1. The quantitative estimate of drug-likeness (QED) is 0.554. The van der Waals surface area contributed by atoms with Crippen molar-refractivity contribution in [2.45, 2.75) is 44.6 Å². The summed E-state index contributed by atoms with van der Waals surface area (Å²) in [5.41, 5.74) is 4.84. The van der Waals surface area contributed by atoms with E-state index in [9.17, 15) is 4.79 Å². The standard InChI is InChI=1S/C26H27FN2O2/c1-31-18-11-12-21(22(27)16-18)26-25-20(19-9-5-6-10-23(19)28-25)13-14-29(26)24(30)15-17-7-3-2-4-8-17/h5-7,9-12,16,26,28H,2-4,8,13-15H2,1H3. The van der Waals surface area contributed by atoms with Gasteiger partial charge in [0.05, 0.1) is 7.11 Å². The van der Waals surface area contributed by atoms with Crippen molar-refractivity contribution in [2.75, 3.05) is 13.7 Å². The van der Waals surface area contributed by atoms with Crippen LogP contribution in [0.2, 0.25) is 0 Å². The number of methoxy groups -OCH3 is 1. The Morgan fingerprint density at radius 3 is 2.84 bits per heavy atom. The molecule has 0 fully saturated rings. The number of halogens is 1. The van der Waals surface area contributed by atoms with Crippen LogP contribution in [0.4, 0.5) is 4.39 Å². The van der Waals surface area contributed by atoms with Gasteiger partial charge in [0, 0.05) is 41.2 Å². The molecule has 0 radical (unpaired) electrons. The number of nitrogens with zero attached hydrogens (tertiary/aromatic N) is 1. The lowest BCUT2D eigenvalue weighted by Gasteiger charge is -2.37. The maximum Gasteiger partial charge on any atom is 0.227 e. The average molecular weight is 419 g/mol. The Labute approximate surface area is 181 Å². The highest BCUT2D eigenvalue weighted by Crippen LogP contribution is 2.40. The van der Waals surface area contributed by atoms with Crippen molar-refractivity contribution in [1.29, 1.82) is 0 Å². The zero-order valence-corrected chi connectivity index (χ0v) is 17.8. The van der Waals surface area contributed by atoms with Gasteiger partial charge in [-0.05, 0) is 55.9 Å². The van der Waals surface area contributed by atoms with Crippen LogP contribution < -0.4 is 4.74 Å². The molecular formula is C26H27FN2O2. The van der Waals surface area contributed by atoms with Gasteiger partial charge in [0.15, 0.2) is 0 Å². The number of amides is 1. The summed E-state index contributed by atoms with van der Waals surface area (Å²) >= 11 is 0. The number of hydrogen-bond donors (Lipinski definition) is 1. The first-order valence-corrected chi connectivity index (χ1v) is 11.1. The van der Waals surface area contributed by atoms with E-state index in [-0.39, 0.29) is 11.7 Å². The first-order chi connectivity index (χ1) is 15.2. The number of carbonyl (C=O) groups is 1. The number of rotatable bonds is 4. The van der Waals surface area contributed by atoms with Crippen molar-refractivity contribution >= 4 is 16.8 Å². The van der Waals surface area contributed by atoms with Gasteiger partial charge in [-0.3, -0.25) is 4.79 Å². The molecule has 2 heterocycles. The summed E-state index contributed by atoms with van der Waals surface area (Å²) < 4.78 is 20.4. The lowest BCUT2D eigenvalue weighted by molar-refractivity contribution is -0.132. The largest absolute Gasteiger partial charge is 0.497 e.